The van der Waals surface area contributed by atoms with Crippen molar-refractivity contribution in [2.75, 3.05) is 25.2 Å². The summed E-state index contributed by atoms with van der Waals surface area (Å²) < 4.78 is 11.0. The molecule has 0 spiro atoms. The highest BCUT2D eigenvalue weighted by Crippen LogP contribution is 2.43. The fourth-order valence-electron chi connectivity index (χ4n) is 4.21. The average Bonchev–Trinajstić information content (AvgIpc) is 3.41. The van der Waals surface area contributed by atoms with Gasteiger partial charge in [-0.1, -0.05) is 30.1 Å². The summed E-state index contributed by atoms with van der Waals surface area (Å²) in [6, 6.07) is 7.86. The number of nitrogens with zero attached hydrogens (tertiary/aromatic N) is 3. The van der Waals surface area contributed by atoms with E-state index in [0.29, 0.717) is 18.9 Å². The van der Waals surface area contributed by atoms with E-state index in [9.17, 15) is 4.79 Å². The summed E-state index contributed by atoms with van der Waals surface area (Å²) in [5.41, 5.74) is 1.74. The summed E-state index contributed by atoms with van der Waals surface area (Å²) in [4.78, 5) is 18.6. The van der Waals surface area contributed by atoms with Gasteiger partial charge in [0.15, 0.2) is 0 Å². The van der Waals surface area contributed by atoms with Gasteiger partial charge in [-0.05, 0) is 37.8 Å². The molecular weight excluding hydrogens is 330 g/mol. The number of anilines is 1. The van der Waals surface area contributed by atoms with Crippen LogP contribution in [0.5, 0.6) is 0 Å². The highest BCUT2D eigenvalue weighted by atomic mass is 16.5. The average molecular weight is 355 g/mol. The Labute approximate surface area is 153 Å². The summed E-state index contributed by atoms with van der Waals surface area (Å²) in [6.07, 6.45) is 6.96. The highest BCUT2D eigenvalue weighted by molar-refractivity contribution is 5.95. The van der Waals surface area contributed by atoms with Crippen LogP contribution in [-0.4, -0.2) is 36.3 Å². The van der Waals surface area contributed by atoms with E-state index in [-0.39, 0.29) is 11.3 Å². The third kappa shape index (κ3) is 3.14. The zero-order chi connectivity index (χ0) is 18.0. The molecule has 2 heterocycles. The summed E-state index contributed by atoms with van der Waals surface area (Å²) in [6.45, 7) is 1.48. The van der Waals surface area contributed by atoms with Crippen LogP contribution < -0.4 is 4.90 Å². The van der Waals surface area contributed by atoms with Crippen LogP contribution in [0.3, 0.4) is 0 Å². The predicted octanol–water partition coefficient (Wildman–Crippen LogP) is 3.71. The molecule has 0 atom stereocenters. The molecule has 0 bridgehead atoms. The maximum Gasteiger partial charge on any atom is 0.233 e. The highest BCUT2D eigenvalue weighted by Gasteiger charge is 2.40. The Balaban J connectivity index is 1.61. The van der Waals surface area contributed by atoms with Crippen molar-refractivity contribution >= 4 is 11.6 Å². The van der Waals surface area contributed by atoms with E-state index < -0.39 is 0 Å². The van der Waals surface area contributed by atoms with Gasteiger partial charge in [0.1, 0.15) is 0 Å². The largest absolute Gasteiger partial charge is 0.385 e. The number of hydrogen-bond donors (Lipinski definition) is 0. The minimum atomic E-state index is -0.0518. The quantitative estimate of drug-likeness (QED) is 0.790. The molecule has 0 unspecified atom stereocenters. The summed E-state index contributed by atoms with van der Waals surface area (Å²) in [7, 11) is 1.73. The molecule has 6 nitrogen and oxygen atoms in total. The minimum Gasteiger partial charge on any atom is -0.385 e. The SMILES string of the molecule is COCCC1(c2nc(-c3cccc(N4CCCC4=O)c3)no2)CCCC1. The van der Waals surface area contributed by atoms with Crippen LogP contribution in [0.1, 0.15) is 50.8 Å². The standard InChI is InChI=1S/C20H25N3O3/c1-25-13-11-20(9-2-3-10-20)19-21-18(22-26-19)15-6-4-7-16(14-15)23-12-5-8-17(23)24/h4,6-7,14H,2-3,5,8-13H2,1H3. The number of carbonyl (C=O) groups excluding carboxylic acids is 1. The van der Waals surface area contributed by atoms with Gasteiger partial charge >= 0.3 is 0 Å². The van der Waals surface area contributed by atoms with Crippen molar-refractivity contribution in [3.05, 3.63) is 30.2 Å². The zero-order valence-electron chi connectivity index (χ0n) is 15.2. The normalized spacial score (nSPS) is 19.4. The number of rotatable bonds is 6. The maximum atomic E-state index is 12.0. The van der Waals surface area contributed by atoms with E-state index >= 15 is 0 Å². The predicted molar refractivity (Wildman–Crippen MR) is 98.0 cm³/mol. The fourth-order valence-corrected chi connectivity index (χ4v) is 4.21. The molecule has 1 aromatic carbocycles. The molecule has 6 heteroatoms. The number of benzene rings is 1. The maximum absolute atomic E-state index is 12.0. The Bertz CT molecular complexity index is 780. The van der Waals surface area contributed by atoms with E-state index in [4.69, 9.17) is 14.2 Å². The third-order valence-corrected chi connectivity index (χ3v) is 5.71. The van der Waals surface area contributed by atoms with Crippen LogP contribution in [0, 0.1) is 0 Å². The van der Waals surface area contributed by atoms with E-state index in [1.165, 1.54) is 12.8 Å². The second kappa shape index (κ2) is 7.19. The first-order valence-electron chi connectivity index (χ1n) is 9.46. The first-order valence-corrected chi connectivity index (χ1v) is 9.46. The molecule has 1 aliphatic carbocycles. The smallest absolute Gasteiger partial charge is 0.233 e. The number of amides is 1. The Morgan fingerprint density at radius 1 is 1.27 bits per heavy atom. The monoisotopic (exact) mass is 355 g/mol. The molecule has 1 saturated heterocycles. The van der Waals surface area contributed by atoms with Crippen LogP contribution in [-0.2, 0) is 14.9 Å². The summed E-state index contributed by atoms with van der Waals surface area (Å²) >= 11 is 0. The molecule has 4 rings (SSSR count). The lowest BCUT2D eigenvalue weighted by Crippen LogP contribution is -2.24. The van der Waals surface area contributed by atoms with Gasteiger partial charge in [-0.25, -0.2) is 0 Å². The van der Waals surface area contributed by atoms with Crippen molar-refractivity contribution in [1.29, 1.82) is 0 Å². The van der Waals surface area contributed by atoms with Gasteiger partial charge in [0.25, 0.3) is 0 Å². The molecule has 1 aliphatic heterocycles. The molecule has 1 aromatic heterocycles. The van der Waals surface area contributed by atoms with Crippen LogP contribution in [0.15, 0.2) is 28.8 Å². The molecule has 138 valence electrons. The Morgan fingerprint density at radius 3 is 2.85 bits per heavy atom. The van der Waals surface area contributed by atoms with E-state index in [2.05, 4.69) is 5.16 Å². The van der Waals surface area contributed by atoms with Gasteiger partial charge in [0, 0.05) is 37.9 Å². The lowest BCUT2D eigenvalue weighted by Gasteiger charge is -2.23. The molecule has 26 heavy (non-hydrogen) atoms. The summed E-state index contributed by atoms with van der Waals surface area (Å²) in [5, 5.41) is 4.24. The zero-order valence-corrected chi connectivity index (χ0v) is 15.2. The van der Waals surface area contributed by atoms with Crippen LogP contribution in [0.4, 0.5) is 5.69 Å². The molecular formula is C20H25N3O3. The van der Waals surface area contributed by atoms with Gasteiger partial charge in [-0.15, -0.1) is 0 Å². The molecule has 0 N–H and O–H groups in total. The molecule has 1 saturated carbocycles. The molecule has 1 amide bonds. The van der Waals surface area contributed by atoms with Gasteiger partial charge in [0.05, 0.1) is 5.41 Å². The Hall–Kier alpha value is -2.21. The molecule has 2 aliphatic rings. The lowest BCUT2D eigenvalue weighted by molar-refractivity contribution is -0.117. The first kappa shape index (κ1) is 17.2. The fraction of sp³-hybridized carbons (Fsp3) is 0.550. The second-order valence-electron chi connectivity index (χ2n) is 7.35. The number of ether oxygens (including phenoxy) is 1. The van der Waals surface area contributed by atoms with Crippen molar-refractivity contribution in [1.82, 2.24) is 10.1 Å². The molecule has 2 aromatic rings. The second-order valence-corrected chi connectivity index (χ2v) is 7.35. The van der Waals surface area contributed by atoms with Crippen molar-refractivity contribution in [3.8, 4) is 11.4 Å². The van der Waals surface area contributed by atoms with Crippen molar-refractivity contribution in [3.63, 3.8) is 0 Å². The topological polar surface area (TPSA) is 68.5 Å². The summed E-state index contributed by atoms with van der Waals surface area (Å²) in [5.74, 6) is 1.50. The van der Waals surface area contributed by atoms with E-state index in [1.54, 1.807) is 7.11 Å². The number of hydrogen-bond acceptors (Lipinski definition) is 5. The molecule has 2 fully saturated rings. The number of carbonyl (C=O) groups is 1. The lowest BCUT2D eigenvalue weighted by atomic mass is 9.83. The first-order chi connectivity index (χ1) is 12.7. The van der Waals surface area contributed by atoms with E-state index in [0.717, 1.165) is 49.4 Å². The Morgan fingerprint density at radius 2 is 2.12 bits per heavy atom. The van der Waals surface area contributed by atoms with Crippen LogP contribution in [0.25, 0.3) is 11.4 Å². The van der Waals surface area contributed by atoms with Crippen LogP contribution >= 0.6 is 0 Å². The Kier molecular flexibility index (Phi) is 4.76. The van der Waals surface area contributed by atoms with E-state index in [1.807, 2.05) is 29.2 Å². The minimum absolute atomic E-state index is 0.0518. The van der Waals surface area contributed by atoms with Crippen molar-refractivity contribution in [2.45, 2.75) is 50.4 Å². The number of methoxy groups -OCH3 is 1. The van der Waals surface area contributed by atoms with Gasteiger partial charge < -0.3 is 14.2 Å². The number of aromatic nitrogens is 2. The van der Waals surface area contributed by atoms with Gasteiger partial charge in [-0.3, -0.25) is 4.79 Å². The molecule has 0 radical (unpaired) electrons. The third-order valence-electron chi connectivity index (χ3n) is 5.71. The van der Waals surface area contributed by atoms with Crippen molar-refractivity contribution in [2.24, 2.45) is 0 Å². The van der Waals surface area contributed by atoms with Crippen molar-refractivity contribution < 1.29 is 14.1 Å². The van der Waals surface area contributed by atoms with Crippen LogP contribution in [0.2, 0.25) is 0 Å². The van der Waals surface area contributed by atoms with Gasteiger partial charge in [-0.2, -0.15) is 4.98 Å². The van der Waals surface area contributed by atoms with Gasteiger partial charge in [0.2, 0.25) is 17.6 Å².